The number of aryl methyl sites for hydroxylation is 2. The monoisotopic (exact) mass is 278 g/mol. The summed E-state index contributed by atoms with van der Waals surface area (Å²) >= 11 is 0. The van der Waals surface area contributed by atoms with Gasteiger partial charge in [0.25, 0.3) is 5.56 Å². The van der Waals surface area contributed by atoms with Crippen molar-refractivity contribution in [3.63, 3.8) is 0 Å². The highest BCUT2D eigenvalue weighted by molar-refractivity contribution is 5.70. The standard InChI is InChI=1S/C10H14N8O2/c1-3-6-14-7-8(17(6)4-11)16(2)10(20)18(9(7)19)5-13-15-12/h3-5,11H2,1-2H3. The molecule has 0 bridgehead atoms. The molecule has 0 aliphatic heterocycles. The molecule has 10 heteroatoms. The van der Waals surface area contributed by atoms with Crippen molar-refractivity contribution in [2.24, 2.45) is 17.9 Å². The van der Waals surface area contributed by atoms with Gasteiger partial charge in [0.2, 0.25) is 0 Å². The molecule has 20 heavy (non-hydrogen) atoms. The lowest BCUT2D eigenvalue weighted by atomic mass is 10.4. The predicted octanol–water partition coefficient (Wildman–Crippen LogP) is -0.357. The number of imidazole rings is 1. The molecule has 0 spiro atoms. The summed E-state index contributed by atoms with van der Waals surface area (Å²) in [4.78, 5) is 31.2. The van der Waals surface area contributed by atoms with Crippen molar-refractivity contribution in [3.05, 3.63) is 37.1 Å². The second-order valence-corrected chi connectivity index (χ2v) is 4.11. The van der Waals surface area contributed by atoms with E-state index < -0.39 is 11.2 Å². The lowest BCUT2D eigenvalue weighted by Gasteiger charge is -2.08. The lowest BCUT2D eigenvalue weighted by molar-refractivity contribution is 0.607. The quantitative estimate of drug-likeness (QED) is 0.464. The Morgan fingerprint density at radius 2 is 2.10 bits per heavy atom. The summed E-state index contributed by atoms with van der Waals surface area (Å²) in [6.45, 7) is 1.63. The number of hydrogen-bond acceptors (Lipinski definition) is 5. The van der Waals surface area contributed by atoms with Crippen LogP contribution in [0, 0.1) is 0 Å². The van der Waals surface area contributed by atoms with E-state index in [1.807, 2.05) is 6.92 Å². The number of aromatic nitrogens is 4. The first-order chi connectivity index (χ1) is 9.56. The minimum Gasteiger partial charge on any atom is -0.313 e. The first kappa shape index (κ1) is 13.8. The molecule has 2 aromatic heterocycles. The molecule has 0 atom stereocenters. The first-order valence-electron chi connectivity index (χ1n) is 5.96. The smallest absolute Gasteiger partial charge is 0.313 e. The molecular weight excluding hydrogens is 264 g/mol. The third-order valence-corrected chi connectivity index (χ3v) is 3.07. The summed E-state index contributed by atoms with van der Waals surface area (Å²) in [5.41, 5.74) is 13.3. The van der Waals surface area contributed by atoms with E-state index in [4.69, 9.17) is 11.3 Å². The van der Waals surface area contributed by atoms with Crippen molar-refractivity contribution in [2.45, 2.75) is 26.7 Å². The number of nitrogens with two attached hydrogens (primary N) is 1. The molecule has 0 saturated carbocycles. The maximum Gasteiger partial charge on any atom is 0.332 e. The molecule has 0 unspecified atom stereocenters. The van der Waals surface area contributed by atoms with Crippen LogP contribution in [-0.2, 0) is 26.8 Å². The molecule has 2 heterocycles. The largest absolute Gasteiger partial charge is 0.332 e. The van der Waals surface area contributed by atoms with Crippen molar-refractivity contribution in [3.8, 4) is 0 Å². The highest BCUT2D eigenvalue weighted by Crippen LogP contribution is 2.10. The Labute approximate surface area is 112 Å². The van der Waals surface area contributed by atoms with Gasteiger partial charge < -0.3 is 10.3 Å². The minimum absolute atomic E-state index is 0.118. The first-order valence-corrected chi connectivity index (χ1v) is 5.96. The van der Waals surface area contributed by atoms with Gasteiger partial charge in [0.15, 0.2) is 11.2 Å². The highest BCUT2D eigenvalue weighted by Gasteiger charge is 2.18. The number of rotatable bonds is 4. The SMILES string of the molecule is CCc1nc2c(=O)n(CN=[N+]=[N-])c(=O)n(C)c2n1CN. The zero-order valence-corrected chi connectivity index (χ0v) is 11.1. The molecule has 2 N–H and O–H groups in total. The maximum absolute atomic E-state index is 12.3. The van der Waals surface area contributed by atoms with Gasteiger partial charge in [0, 0.05) is 18.4 Å². The van der Waals surface area contributed by atoms with Gasteiger partial charge in [-0.25, -0.2) is 9.78 Å². The second-order valence-electron chi connectivity index (χ2n) is 4.11. The van der Waals surface area contributed by atoms with Gasteiger partial charge in [-0.1, -0.05) is 12.0 Å². The fraction of sp³-hybridized carbons (Fsp3) is 0.500. The summed E-state index contributed by atoms with van der Waals surface area (Å²) in [6.07, 6.45) is 0.579. The van der Waals surface area contributed by atoms with E-state index in [-0.39, 0.29) is 18.9 Å². The number of hydrogen-bond donors (Lipinski definition) is 1. The number of azide groups is 1. The summed E-state index contributed by atoms with van der Waals surface area (Å²) < 4.78 is 3.74. The van der Waals surface area contributed by atoms with Gasteiger partial charge in [-0.2, -0.15) is 0 Å². The normalized spacial score (nSPS) is 10.8. The molecule has 10 nitrogen and oxygen atoms in total. The molecule has 0 radical (unpaired) electrons. The third kappa shape index (κ3) is 1.87. The summed E-state index contributed by atoms with van der Waals surface area (Å²) in [5, 5.41) is 3.25. The Morgan fingerprint density at radius 1 is 1.40 bits per heavy atom. The van der Waals surface area contributed by atoms with Crippen molar-refractivity contribution in [1.29, 1.82) is 0 Å². The van der Waals surface area contributed by atoms with Crippen LogP contribution in [0.15, 0.2) is 14.7 Å². The van der Waals surface area contributed by atoms with Gasteiger partial charge in [-0.3, -0.25) is 13.9 Å². The van der Waals surface area contributed by atoms with Crippen molar-refractivity contribution in [2.75, 3.05) is 0 Å². The van der Waals surface area contributed by atoms with Crippen LogP contribution in [0.2, 0.25) is 0 Å². The van der Waals surface area contributed by atoms with Crippen molar-refractivity contribution < 1.29 is 0 Å². The Bertz CT molecular complexity index is 820. The van der Waals surface area contributed by atoms with Crippen LogP contribution in [0.4, 0.5) is 0 Å². The van der Waals surface area contributed by atoms with Crippen LogP contribution in [0.5, 0.6) is 0 Å². The van der Waals surface area contributed by atoms with Gasteiger partial charge in [0.1, 0.15) is 12.5 Å². The van der Waals surface area contributed by atoms with E-state index in [2.05, 4.69) is 15.0 Å². The van der Waals surface area contributed by atoms with E-state index in [9.17, 15) is 9.59 Å². The molecule has 2 rings (SSSR count). The van der Waals surface area contributed by atoms with Gasteiger partial charge >= 0.3 is 5.69 Å². The lowest BCUT2D eigenvalue weighted by Crippen LogP contribution is -2.39. The van der Waals surface area contributed by atoms with Crippen LogP contribution in [0.1, 0.15) is 12.7 Å². The molecule has 0 fully saturated rings. The van der Waals surface area contributed by atoms with E-state index in [0.29, 0.717) is 17.9 Å². The summed E-state index contributed by atoms with van der Waals surface area (Å²) in [7, 11) is 1.52. The average molecular weight is 278 g/mol. The zero-order chi connectivity index (χ0) is 14.9. The number of fused-ring (bicyclic) bond motifs is 1. The molecule has 0 aliphatic carbocycles. The summed E-state index contributed by atoms with van der Waals surface area (Å²) in [5.74, 6) is 0.621. The zero-order valence-electron chi connectivity index (χ0n) is 11.1. The Kier molecular flexibility index (Phi) is 3.59. The molecule has 0 saturated heterocycles. The van der Waals surface area contributed by atoms with Crippen molar-refractivity contribution in [1.82, 2.24) is 18.7 Å². The fourth-order valence-electron chi connectivity index (χ4n) is 2.14. The second kappa shape index (κ2) is 5.19. The molecular formula is C10H14N8O2. The summed E-state index contributed by atoms with van der Waals surface area (Å²) in [6, 6.07) is 0. The van der Waals surface area contributed by atoms with Gasteiger partial charge in [-0.05, 0) is 5.53 Å². The van der Waals surface area contributed by atoms with Crippen LogP contribution < -0.4 is 17.0 Å². The van der Waals surface area contributed by atoms with Crippen LogP contribution in [0.3, 0.4) is 0 Å². The van der Waals surface area contributed by atoms with E-state index >= 15 is 0 Å². The fourth-order valence-corrected chi connectivity index (χ4v) is 2.14. The average Bonchev–Trinajstić information content (AvgIpc) is 2.83. The maximum atomic E-state index is 12.3. The molecule has 106 valence electrons. The predicted molar refractivity (Wildman–Crippen MR) is 71.9 cm³/mol. The van der Waals surface area contributed by atoms with Crippen molar-refractivity contribution >= 4 is 11.2 Å². The third-order valence-electron chi connectivity index (χ3n) is 3.07. The van der Waals surface area contributed by atoms with E-state index in [0.717, 1.165) is 4.57 Å². The van der Waals surface area contributed by atoms with Crippen LogP contribution in [0.25, 0.3) is 21.6 Å². The van der Waals surface area contributed by atoms with Crippen LogP contribution in [-0.4, -0.2) is 18.7 Å². The molecule has 0 aromatic carbocycles. The Balaban J connectivity index is 2.94. The number of nitrogens with zero attached hydrogens (tertiary/aromatic N) is 7. The Morgan fingerprint density at radius 3 is 2.65 bits per heavy atom. The van der Waals surface area contributed by atoms with Crippen LogP contribution >= 0.6 is 0 Å². The molecule has 0 amide bonds. The van der Waals surface area contributed by atoms with Gasteiger partial charge in [-0.15, -0.1) is 0 Å². The van der Waals surface area contributed by atoms with E-state index in [1.54, 1.807) is 4.57 Å². The Hall–Kier alpha value is -2.58. The highest BCUT2D eigenvalue weighted by atomic mass is 16.2. The van der Waals surface area contributed by atoms with E-state index in [1.165, 1.54) is 11.6 Å². The van der Waals surface area contributed by atoms with Gasteiger partial charge in [0.05, 0.1) is 6.67 Å². The molecule has 2 aromatic rings. The molecule has 0 aliphatic rings. The topological polar surface area (TPSA) is 137 Å². The minimum atomic E-state index is -0.586.